The summed E-state index contributed by atoms with van der Waals surface area (Å²) in [6.07, 6.45) is 0. The molecule has 1 fully saturated rings. The van der Waals surface area contributed by atoms with Crippen LogP contribution in [0.2, 0.25) is 0 Å². The second-order valence-corrected chi connectivity index (χ2v) is 8.56. The summed E-state index contributed by atoms with van der Waals surface area (Å²) >= 11 is 0. The zero-order valence-electron chi connectivity index (χ0n) is 20.6. The fraction of sp³-hybridized carbons (Fsp3) is 0.241. The van der Waals surface area contributed by atoms with E-state index in [-0.39, 0.29) is 24.5 Å². The number of carbonyl (C=O) groups is 2. The Hall–Kier alpha value is -4.10. The number of amides is 1. The third kappa shape index (κ3) is 5.26. The minimum Gasteiger partial charge on any atom is -0.507 e. The van der Waals surface area contributed by atoms with Gasteiger partial charge in [0.15, 0.2) is 0 Å². The minimum atomic E-state index is -0.747. The Kier molecular flexibility index (Phi) is 7.71. The van der Waals surface area contributed by atoms with Gasteiger partial charge in [0, 0.05) is 19.2 Å². The number of benzene rings is 3. The number of aliphatic hydroxyl groups is 1. The molecule has 7 heteroatoms. The standard InChI is InChI=1S/C29H29NO6/c1-19-5-4-6-20(17-19)18-36-24-13-9-22(10-14-24)27(31)25-26(21-7-11-23(35-3)12-8-21)30(15-16-34-2)29(33)28(25)32/h4-14,17,26,31H,15-16,18H2,1-3H3/t26-/m0/s1. The van der Waals surface area contributed by atoms with Crippen molar-refractivity contribution in [3.63, 3.8) is 0 Å². The van der Waals surface area contributed by atoms with Crippen LogP contribution < -0.4 is 9.47 Å². The summed E-state index contributed by atoms with van der Waals surface area (Å²) in [7, 11) is 3.09. The van der Waals surface area contributed by atoms with Gasteiger partial charge in [0.1, 0.15) is 23.9 Å². The number of carbonyl (C=O) groups excluding carboxylic acids is 2. The van der Waals surface area contributed by atoms with Crippen LogP contribution in [-0.2, 0) is 20.9 Å². The second-order valence-electron chi connectivity index (χ2n) is 8.56. The van der Waals surface area contributed by atoms with E-state index in [9.17, 15) is 14.7 Å². The number of nitrogens with zero attached hydrogens (tertiary/aromatic N) is 1. The Bertz CT molecular complexity index is 1260. The van der Waals surface area contributed by atoms with Gasteiger partial charge in [-0.05, 0) is 54.4 Å². The summed E-state index contributed by atoms with van der Waals surface area (Å²) in [5.41, 5.74) is 3.35. The highest BCUT2D eigenvalue weighted by molar-refractivity contribution is 6.46. The van der Waals surface area contributed by atoms with Crippen LogP contribution >= 0.6 is 0 Å². The van der Waals surface area contributed by atoms with E-state index in [0.717, 1.165) is 11.1 Å². The highest BCUT2D eigenvalue weighted by Gasteiger charge is 2.45. The average Bonchev–Trinajstić information content (AvgIpc) is 3.15. The van der Waals surface area contributed by atoms with E-state index in [1.807, 2.05) is 25.1 Å². The predicted octanol–water partition coefficient (Wildman–Crippen LogP) is 4.65. The number of aryl methyl sites for hydroxylation is 1. The molecule has 1 atom stereocenters. The van der Waals surface area contributed by atoms with Gasteiger partial charge in [0.2, 0.25) is 0 Å². The molecule has 1 N–H and O–H groups in total. The molecule has 186 valence electrons. The van der Waals surface area contributed by atoms with Crippen molar-refractivity contribution in [2.75, 3.05) is 27.4 Å². The largest absolute Gasteiger partial charge is 0.507 e. The number of ketones is 1. The molecule has 1 amide bonds. The fourth-order valence-corrected chi connectivity index (χ4v) is 4.27. The molecule has 3 aromatic carbocycles. The molecule has 4 rings (SSSR count). The van der Waals surface area contributed by atoms with Crippen LogP contribution in [-0.4, -0.2) is 49.1 Å². The highest BCUT2D eigenvalue weighted by atomic mass is 16.5. The third-order valence-corrected chi connectivity index (χ3v) is 6.12. The topological polar surface area (TPSA) is 85.3 Å². The Balaban J connectivity index is 1.64. The highest BCUT2D eigenvalue weighted by Crippen LogP contribution is 2.39. The predicted molar refractivity (Wildman–Crippen MR) is 136 cm³/mol. The maximum Gasteiger partial charge on any atom is 0.295 e. The first kappa shape index (κ1) is 25.0. The number of ether oxygens (including phenoxy) is 3. The number of aliphatic hydroxyl groups excluding tert-OH is 1. The van der Waals surface area contributed by atoms with E-state index in [1.165, 1.54) is 12.0 Å². The molecule has 0 unspecified atom stereocenters. The summed E-state index contributed by atoms with van der Waals surface area (Å²) in [5, 5.41) is 11.2. The van der Waals surface area contributed by atoms with E-state index >= 15 is 0 Å². The number of likely N-dealkylation sites (tertiary alicyclic amines) is 1. The summed E-state index contributed by atoms with van der Waals surface area (Å²) in [5.74, 6) is -0.370. The Morgan fingerprint density at radius 2 is 1.64 bits per heavy atom. The van der Waals surface area contributed by atoms with Crippen LogP contribution in [0.25, 0.3) is 5.76 Å². The molecule has 1 heterocycles. The van der Waals surface area contributed by atoms with E-state index in [0.29, 0.717) is 29.2 Å². The Labute approximate surface area is 210 Å². The molecule has 0 aromatic heterocycles. The van der Waals surface area contributed by atoms with Crippen molar-refractivity contribution < 1.29 is 28.9 Å². The minimum absolute atomic E-state index is 0.0368. The van der Waals surface area contributed by atoms with Crippen molar-refractivity contribution in [2.24, 2.45) is 0 Å². The van der Waals surface area contributed by atoms with Gasteiger partial charge in [-0.1, -0.05) is 42.0 Å². The van der Waals surface area contributed by atoms with Crippen molar-refractivity contribution in [3.05, 3.63) is 101 Å². The molecule has 36 heavy (non-hydrogen) atoms. The van der Waals surface area contributed by atoms with Crippen LogP contribution in [0.15, 0.2) is 78.4 Å². The first-order chi connectivity index (χ1) is 17.4. The van der Waals surface area contributed by atoms with Gasteiger partial charge in [-0.3, -0.25) is 9.59 Å². The molecule has 0 bridgehead atoms. The second kappa shape index (κ2) is 11.1. The van der Waals surface area contributed by atoms with Crippen molar-refractivity contribution in [1.82, 2.24) is 4.90 Å². The van der Waals surface area contributed by atoms with Gasteiger partial charge in [0.05, 0.1) is 25.3 Å². The van der Waals surface area contributed by atoms with E-state index in [4.69, 9.17) is 14.2 Å². The lowest BCUT2D eigenvalue weighted by atomic mass is 9.95. The quantitative estimate of drug-likeness (QED) is 0.269. The van der Waals surface area contributed by atoms with E-state index < -0.39 is 17.7 Å². The SMILES string of the molecule is COCCN1C(=O)C(=O)C(=C(O)c2ccc(OCc3cccc(C)c3)cc2)[C@@H]1c1ccc(OC)cc1. The molecule has 0 spiro atoms. The first-order valence-corrected chi connectivity index (χ1v) is 11.6. The molecule has 3 aromatic rings. The smallest absolute Gasteiger partial charge is 0.295 e. The molecule has 7 nitrogen and oxygen atoms in total. The number of hydrogen-bond donors (Lipinski definition) is 1. The molecule has 1 aliphatic heterocycles. The number of hydrogen-bond acceptors (Lipinski definition) is 6. The van der Waals surface area contributed by atoms with Crippen molar-refractivity contribution >= 4 is 17.4 Å². The monoisotopic (exact) mass is 487 g/mol. The summed E-state index contributed by atoms with van der Waals surface area (Å²) < 4.78 is 16.2. The molecule has 1 saturated heterocycles. The van der Waals surface area contributed by atoms with E-state index in [2.05, 4.69) is 6.07 Å². The zero-order chi connectivity index (χ0) is 25.7. The average molecular weight is 488 g/mol. The summed E-state index contributed by atoms with van der Waals surface area (Å²) in [6.45, 7) is 2.90. The van der Waals surface area contributed by atoms with Gasteiger partial charge < -0.3 is 24.2 Å². The Morgan fingerprint density at radius 3 is 2.28 bits per heavy atom. The number of methoxy groups -OCH3 is 2. The lowest BCUT2D eigenvalue weighted by Gasteiger charge is -2.25. The third-order valence-electron chi connectivity index (χ3n) is 6.12. The number of rotatable bonds is 9. The lowest BCUT2D eigenvalue weighted by Crippen LogP contribution is -2.32. The van der Waals surface area contributed by atoms with Gasteiger partial charge in [-0.15, -0.1) is 0 Å². The molecule has 0 radical (unpaired) electrons. The van der Waals surface area contributed by atoms with Crippen molar-refractivity contribution in [1.29, 1.82) is 0 Å². The van der Waals surface area contributed by atoms with Crippen molar-refractivity contribution in [2.45, 2.75) is 19.6 Å². The van der Waals surface area contributed by atoms with Gasteiger partial charge in [0.25, 0.3) is 11.7 Å². The molecular formula is C29H29NO6. The molecule has 0 aliphatic carbocycles. The van der Waals surface area contributed by atoms with E-state index in [1.54, 1.807) is 55.6 Å². The van der Waals surface area contributed by atoms with Crippen LogP contribution in [0.5, 0.6) is 11.5 Å². The maximum atomic E-state index is 13.1. The fourth-order valence-electron chi connectivity index (χ4n) is 4.27. The maximum absolute atomic E-state index is 13.1. The van der Waals surface area contributed by atoms with Gasteiger partial charge >= 0.3 is 0 Å². The molecule has 1 aliphatic rings. The summed E-state index contributed by atoms with van der Waals surface area (Å²) in [6, 6.07) is 21.2. The van der Waals surface area contributed by atoms with Crippen LogP contribution in [0.4, 0.5) is 0 Å². The lowest BCUT2D eigenvalue weighted by molar-refractivity contribution is -0.140. The number of Topliss-reactive ketones (excluding diaryl/α,β-unsaturated/α-hetero) is 1. The zero-order valence-corrected chi connectivity index (χ0v) is 20.6. The van der Waals surface area contributed by atoms with Gasteiger partial charge in [-0.25, -0.2) is 0 Å². The van der Waals surface area contributed by atoms with Crippen LogP contribution in [0.3, 0.4) is 0 Å². The first-order valence-electron chi connectivity index (χ1n) is 11.6. The normalized spacial score (nSPS) is 16.9. The molecule has 0 saturated carbocycles. The van der Waals surface area contributed by atoms with Crippen LogP contribution in [0.1, 0.15) is 28.3 Å². The van der Waals surface area contributed by atoms with Gasteiger partial charge in [-0.2, -0.15) is 0 Å². The van der Waals surface area contributed by atoms with Crippen LogP contribution in [0, 0.1) is 6.92 Å². The van der Waals surface area contributed by atoms with Crippen molar-refractivity contribution in [3.8, 4) is 11.5 Å². The summed E-state index contributed by atoms with van der Waals surface area (Å²) in [4.78, 5) is 27.4. The molecular weight excluding hydrogens is 458 g/mol. The Morgan fingerprint density at radius 1 is 0.944 bits per heavy atom.